The fourth-order valence-electron chi connectivity index (χ4n) is 1.90. The number of aromatic nitrogens is 2. The largest absolute Gasteiger partial charge is 0.352 e. The molecule has 0 aliphatic carbocycles. The molecule has 0 saturated heterocycles. The van der Waals surface area contributed by atoms with Gasteiger partial charge in [0, 0.05) is 38.9 Å². The molecule has 1 aromatic carbocycles. The van der Waals surface area contributed by atoms with Gasteiger partial charge in [-0.05, 0) is 24.1 Å². The molecule has 0 spiro atoms. The van der Waals surface area contributed by atoms with E-state index >= 15 is 0 Å². The number of halogens is 1. The molecule has 1 heterocycles. The highest BCUT2D eigenvalue weighted by Gasteiger charge is 2.02. The summed E-state index contributed by atoms with van der Waals surface area (Å²) >= 11 is 0. The lowest BCUT2D eigenvalue weighted by Gasteiger charge is -2.11. The van der Waals surface area contributed by atoms with E-state index in [2.05, 4.69) is 20.7 Å². The third-order valence-electron chi connectivity index (χ3n) is 3.14. The fourth-order valence-corrected chi connectivity index (χ4v) is 1.90. The van der Waals surface area contributed by atoms with Crippen LogP contribution in [0.1, 0.15) is 16.7 Å². The van der Waals surface area contributed by atoms with Gasteiger partial charge in [0.15, 0.2) is 5.96 Å². The van der Waals surface area contributed by atoms with E-state index in [0.29, 0.717) is 24.6 Å². The number of aliphatic imine (C=N–C) groups is 1. The van der Waals surface area contributed by atoms with Crippen LogP contribution in [0.5, 0.6) is 0 Å². The van der Waals surface area contributed by atoms with Gasteiger partial charge in [0.1, 0.15) is 5.82 Å². The second-order valence-electron chi connectivity index (χ2n) is 4.89. The first kappa shape index (κ1) is 15.0. The molecule has 0 radical (unpaired) electrons. The molecular formula is C15H20FN5. The van der Waals surface area contributed by atoms with Crippen LogP contribution >= 0.6 is 0 Å². The predicted molar refractivity (Wildman–Crippen MR) is 81.4 cm³/mol. The summed E-state index contributed by atoms with van der Waals surface area (Å²) in [4.78, 5) is 4.14. The van der Waals surface area contributed by atoms with Crippen LogP contribution < -0.4 is 10.6 Å². The highest BCUT2D eigenvalue weighted by atomic mass is 19.1. The molecule has 2 aromatic rings. The molecule has 0 aliphatic rings. The lowest BCUT2D eigenvalue weighted by molar-refractivity contribution is 0.615. The van der Waals surface area contributed by atoms with Crippen LogP contribution in [0, 0.1) is 12.7 Å². The minimum atomic E-state index is -0.187. The Morgan fingerprint density at radius 2 is 2.00 bits per heavy atom. The van der Waals surface area contributed by atoms with Gasteiger partial charge in [-0.15, -0.1) is 0 Å². The monoisotopic (exact) mass is 289 g/mol. The number of nitrogens with one attached hydrogen (secondary N) is 2. The van der Waals surface area contributed by atoms with Crippen molar-refractivity contribution in [2.24, 2.45) is 12.0 Å². The number of guanidine groups is 1. The van der Waals surface area contributed by atoms with Crippen molar-refractivity contribution in [2.75, 3.05) is 7.05 Å². The summed E-state index contributed by atoms with van der Waals surface area (Å²) in [7, 11) is 3.58. The second-order valence-corrected chi connectivity index (χ2v) is 4.89. The number of aryl methyl sites for hydroxylation is 2. The fraction of sp³-hybridized carbons (Fsp3) is 0.333. The number of hydrogen-bond donors (Lipinski definition) is 2. The molecule has 1 aromatic heterocycles. The molecule has 0 saturated carbocycles. The lowest BCUT2D eigenvalue weighted by Crippen LogP contribution is -2.36. The summed E-state index contributed by atoms with van der Waals surface area (Å²) in [6, 6.07) is 5.22. The highest BCUT2D eigenvalue weighted by molar-refractivity contribution is 5.79. The van der Waals surface area contributed by atoms with Gasteiger partial charge in [0.05, 0.1) is 6.20 Å². The molecule has 0 amide bonds. The van der Waals surface area contributed by atoms with Crippen molar-refractivity contribution in [1.82, 2.24) is 20.4 Å². The Bertz CT molecular complexity index is 633. The van der Waals surface area contributed by atoms with Gasteiger partial charge < -0.3 is 10.6 Å². The zero-order chi connectivity index (χ0) is 15.2. The van der Waals surface area contributed by atoms with E-state index in [-0.39, 0.29) is 5.82 Å². The Morgan fingerprint density at radius 3 is 2.57 bits per heavy atom. The molecule has 6 heteroatoms. The van der Waals surface area contributed by atoms with E-state index in [0.717, 1.165) is 11.1 Å². The van der Waals surface area contributed by atoms with Crippen molar-refractivity contribution in [2.45, 2.75) is 20.0 Å². The average molecular weight is 289 g/mol. The first-order valence-electron chi connectivity index (χ1n) is 6.75. The first-order chi connectivity index (χ1) is 10.1. The molecule has 2 N–H and O–H groups in total. The Hall–Kier alpha value is -2.37. The number of nitrogens with zero attached hydrogens (tertiary/aromatic N) is 3. The predicted octanol–water partition coefficient (Wildman–Crippen LogP) is 1.73. The molecule has 0 bridgehead atoms. The van der Waals surface area contributed by atoms with Crippen molar-refractivity contribution in [3.63, 3.8) is 0 Å². The van der Waals surface area contributed by atoms with E-state index in [1.165, 1.54) is 6.07 Å². The van der Waals surface area contributed by atoms with Crippen molar-refractivity contribution in [3.05, 3.63) is 53.1 Å². The van der Waals surface area contributed by atoms with E-state index in [1.54, 1.807) is 30.9 Å². The van der Waals surface area contributed by atoms with Crippen LogP contribution in [0.15, 0.2) is 35.6 Å². The maximum absolute atomic E-state index is 13.5. The maximum Gasteiger partial charge on any atom is 0.191 e. The summed E-state index contributed by atoms with van der Waals surface area (Å²) in [6.45, 7) is 2.90. The maximum atomic E-state index is 13.5. The van der Waals surface area contributed by atoms with Gasteiger partial charge >= 0.3 is 0 Å². The van der Waals surface area contributed by atoms with Crippen LogP contribution in [0.4, 0.5) is 4.39 Å². The topological polar surface area (TPSA) is 54.2 Å². The van der Waals surface area contributed by atoms with Gasteiger partial charge in [-0.2, -0.15) is 5.10 Å². The van der Waals surface area contributed by atoms with Crippen LogP contribution in [-0.4, -0.2) is 22.8 Å². The SMILES string of the molecule is CN=C(NCc1ccc(C)c(F)c1)NCc1cnn(C)c1. The summed E-state index contributed by atoms with van der Waals surface area (Å²) in [5.74, 6) is 0.479. The van der Waals surface area contributed by atoms with Crippen molar-refractivity contribution in [1.29, 1.82) is 0 Å². The molecule has 5 nitrogen and oxygen atoms in total. The van der Waals surface area contributed by atoms with Crippen LogP contribution in [0.2, 0.25) is 0 Å². The molecule has 0 aliphatic heterocycles. The van der Waals surface area contributed by atoms with Gasteiger partial charge in [0.25, 0.3) is 0 Å². The Morgan fingerprint density at radius 1 is 1.29 bits per heavy atom. The minimum absolute atomic E-state index is 0.187. The number of rotatable bonds is 4. The van der Waals surface area contributed by atoms with E-state index < -0.39 is 0 Å². The third-order valence-corrected chi connectivity index (χ3v) is 3.14. The van der Waals surface area contributed by atoms with E-state index in [4.69, 9.17) is 0 Å². The zero-order valence-corrected chi connectivity index (χ0v) is 12.5. The molecule has 0 fully saturated rings. The van der Waals surface area contributed by atoms with Crippen molar-refractivity contribution >= 4 is 5.96 Å². The molecular weight excluding hydrogens is 269 g/mol. The summed E-state index contributed by atoms with van der Waals surface area (Å²) < 4.78 is 15.2. The summed E-state index contributed by atoms with van der Waals surface area (Å²) in [6.07, 6.45) is 3.74. The van der Waals surface area contributed by atoms with Gasteiger partial charge in [0.2, 0.25) is 0 Å². The smallest absolute Gasteiger partial charge is 0.191 e. The summed E-state index contributed by atoms with van der Waals surface area (Å²) in [5, 5.41) is 10.4. The second kappa shape index (κ2) is 6.88. The van der Waals surface area contributed by atoms with Gasteiger partial charge in [-0.3, -0.25) is 9.67 Å². The quantitative estimate of drug-likeness (QED) is 0.666. The normalized spacial score (nSPS) is 11.5. The molecule has 0 atom stereocenters. The lowest BCUT2D eigenvalue weighted by atomic mass is 10.1. The molecule has 21 heavy (non-hydrogen) atoms. The Balaban J connectivity index is 1.86. The molecule has 0 unspecified atom stereocenters. The molecule has 2 rings (SSSR count). The summed E-state index contributed by atoms with van der Waals surface area (Å²) in [5.41, 5.74) is 2.60. The van der Waals surface area contributed by atoms with Crippen molar-refractivity contribution < 1.29 is 4.39 Å². The van der Waals surface area contributed by atoms with Crippen LogP contribution in [0.25, 0.3) is 0 Å². The van der Waals surface area contributed by atoms with E-state index in [9.17, 15) is 4.39 Å². The van der Waals surface area contributed by atoms with E-state index in [1.807, 2.05) is 19.3 Å². The standard InChI is InChI=1S/C15H20FN5/c1-11-4-5-12(6-14(11)16)7-18-15(17-2)19-8-13-9-20-21(3)10-13/h4-6,9-10H,7-8H2,1-3H3,(H2,17,18,19). The Labute approximate surface area is 123 Å². The third kappa shape index (κ3) is 4.30. The van der Waals surface area contributed by atoms with Crippen LogP contribution in [-0.2, 0) is 20.1 Å². The van der Waals surface area contributed by atoms with Crippen molar-refractivity contribution in [3.8, 4) is 0 Å². The number of benzene rings is 1. The number of hydrogen-bond acceptors (Lipinski definition) is 2. The molecule has 112 valence electrons. The minimum Gasteiger partial charge on any atom is -0.352 e. The van der Waals surface area contributed by atoms with Crippen LogP contribution in [0.3, 0.4) is 0 Å². The van der Waals surface area contributed by atoms with Gasteiger partial charge in [-0.1, -0.05) is 12.1 Å². The Kier molecular flexibility index (Phi) is 4.92. The first-order valence-corrected chi connectivity index (χ1v) is 6.75. The van der Waals surface area contributed by atoms with Gasteiger partial charge in [-0.25, -0.2) is 4.39 Å². The highest BCUT2D eigenvalue weighted by Crippen LogP contribution is 2.08. The average Bonchev–Trinajstić information content (AvgIpc) is 2.88. The zero-order valence-electron chi connectivity index (χ0n) is 12.5.